The van der Waals surface area contributed by atoms with Crippen molar-refractivity contribution < 1.29 is 4.79 Å². The highest BCUT2D eigenvalue weighted by molar-refractivity contribution is 5.91. The summed E-state index contributed by atoms with van der Waals surface area (Å²) in [6.45, 7) is 9.18. The van der Waals surface area contributed by atoms with Gasteiger partial charge in [0.05, 0.1) is 11.4 Å². The van der Waals surface area contributed by atoms with Crippen LogP contribution in [0.5, 0.6) is 0 Å². The second kappa shape index (κ2) is 6.88. The molecule has 1 unspecified atom stereocenters. The summed E-state index contributed by atoms with van der Waals surface area (Å²) in [5.41, 5.74) is 7.49. The molecule has 114 valence electrons. The molecule has 0 fully saturated rings. The second-order valence-corrected chi connectivity index (χ2v) is 6.53. The molecular formula is C15H28N4O. The predicted molar refractivity (Wildman–Crippen MR) is 82.4 cm³/mol. The molecule has 5 heteroatoms. The van der Waals surface area contributed by atoms with Crippen molar-refractivity contribution in [1.29, 1.82) is 0 Å². The zero-order chi connectivity index (χ0) is 15.3. The van der Waals surface area contributed by atoms with Crippen molar-refractivity contribution in [2.45, 2.75) is 47.0 Å². The van der Waals surface area contributed by atoms with Crippen LogP contribution < -0.4 is 11.1 Å². The average molecular weight is 280 g/mol. The Morgan fingerprint density at radius 1 is 1.45 bits per heavy atom. The molecule has 0 saturated heterocycles. The number of carbonyl (C=O) groups is 1. The Hall–Kier alpha value is -1.36. The molecule has 0 aliphatic carbocycles. The first kappa shape index (κ1) is 16.7. The van der Waals surface area contributed by atoms with Gasteiger partial charge in [-0.15, -0.1) is 0 Å². The summed E-state index contributed by atoms with van der Waals surface area (Å²) in [6, 6.07) is 0. The molecule has 1 heterocycles. The zero-order valence-corrected chi connectivity index (χ0v) is 13.4. The number of nitrogens with one attached hydrogen (secondary N) is 1. The molecular weight excluding hydrogens is 252 g/mol. The van der Waals surface area contributed by atoms with Crippen molar-refractivity contribution >= 4 is 11.6 Å². The third kappa shape index (κ3) is 4.96. The highest BCUT2D eigenvalue weighted by Gasteiger charge is 2.24. The fourth-order valence-electron chi connectivity index (χ4n) is 2.45. The van der Waals surface area contributed by atoms with Gasteiger partial charge < -0.3 is 11.1 Å². The van der Waals surface area contributed by atoms with Crippen LogP contribution in [0.4, 0.5) is 5.69 Å². The smallest absolute Gasteiger partial charge is 0.224 e. The molecule has 0 aliphatic heterocycles. The zero-order valence-electron chi connectivity index (χ0n) is 13.4. The Morgan fingerprint density at radius 2 is 2.10 bits per heavy atom. The summed E-state index contributed by atoms with van der Waals surface area (Å²) in [5.74, 6) is 0.514. The van der Waals surface area contributed by atoms with Gasteiger partial charge in [0.1, 0.15) is 0 Å². The number of aromatic nitrogens is 2. The van der Waals surface area contributed by atoms with Crippen molar-refractivity contribution in [2.24, 2.45) is 24.1 Å². The van der Waals surface area contributed by atoms with Crippen LogP contribution in [0.2, 0.25) is 0 Å². The molecule has 0 saturated carbocycles. The second-order valence-electron chi connectivity index (χ2n) is 6.53. The SMILES string of the molecule is Cc1nn(C)cc1NC(=O)CCC(CCN)C(C)(C)C. The lowest BCUT2D eigenvalue weighted by Crippen LogP contribution is -2.25. The maximum absolute atomic E-state index is 12.0. The standard InChI is InChI=1S/C15H28N4O/c1-11-13(10-19(5)18-11)17-14(20)7-6-12(8-9-16)15(2,3)4/h10,12H,6-9,16H2,1-5H3,(H,17,20). The highest BCUT2D eigenvalue weighted by atomic mass is 16.1. The van der Waals surface area contributed by atoms with Crippen LogP contribution in [0.3, 0.4) is 0 Å². The number of anilines is 1. The number of carbonyl (C=O) groups excluding carboxylic acids is 1. The molecule has 0 bridgehead atoms. The van der Waals surface area contributed by atoms with Gasteiger partial charge in [-0.3, -0.25) is 9.48 Å². The molecule has 3 N–H and O–H groups in total. The fraction of sp³-hybridized carbons (Fsp3) is 0.733. The first-order valence-electron chi connectivity index (χ1n) is 7.24. The number of nitrogens with zero attached hydrogens (tertiary/aromatic N) is 2. The van der Waals surface area contributed by atoms with Crippen LogP contribution in [0.15, 0.2) is 6.20 Å². The van der Waals surface area contributed by atoms with E-state index >= 15 is 0 Å². The van der Waals surface area contributed by atoms with E-state index in [9.17, 15) is 4.79 Å². The lowest BCUT2D eigenvalue weighted by atomic mass is 9.76. The summed E-state index contributed by atoms with van der Waals surface area (Å²) >= 11 is 0. The minimum atomic E-state index is 0.0485. The van der Waals surface area contributed by atoms with Crippen LogP contribution in [0, 0.1) is 18.3 Å². The van der Waals surface area contributed by atoms with E-state index in [2.05, 4.69) is 31.2 Å². The summed E-state index contributed by atoms with van der Waals surface area (Å²) < 4.78 is 1.71. The topological polar surface area (TPSA) is 72.9 Å². The average Bonchev–Trinajstić information content (AvgIpc) is 2.61. The van der Waals surface area contributed by atoms with Gasteiger partial charge in [-0.2, -0.15) is 5.10 Å². The summed E-state index contributed by atoms with van der Waals surface area (Å²) in [4.78, 5) is 12.0. The van der Waals surface area contributed by atoms with E-state index in [4.69, 9.17) is 5.73 Å². The lowest BCUT2D eigenvalue weighted by Gasteiger charge is -2.30. The number of rotatable bonds is 6. The van der Waals surface area contributed by atoms with Crippen molar-refractivity contribution in [1.82, 2.24) is 9.78 Å². The van der Waals surface area contributed by atoms with Gasteiger partial charge in [-0.25, -0.2) is 0 Å². The number of hydrogen-bond donors (Lipinski definition) is 2. The van der Waals surface area contributed by atoms with E-state index in [1.54, 1.807) is 4.68 Å². The van der Waals surface area contributed by atoms with Crippen molar-refractivity contribution in [3.05, 3.63) is 11.9 Å². The maximum Gasteiger partial charge on any atom is 0.224 e. The molecule has 1 amide bonds. The fourth-order valence-corrected chi connectivity index (χ4v) is 2.45. The highest BCUT2D eigenvalue weighted by Crippen LogP contribution is 2.32. The van der Waals surface area contributed by atoms with Crippen molar-refractivity contribution in [3.63, 3.8) is 0 Å². The van der Waals surface area contributed by atoms with Crippen LogP contribution in [0.1, 0.15) is 45.7 Å². The van der Waals surface area contributed by atoms with Crippen LogP contribution >= 0.6 is 0 Å². The van der Waals surface area contributed by atoms with Gasteiger partial charge >= 0.3 is 0 Å². The monoisotopic (exact) mass is 280 g/mol. The summed E-state index contributed by atoms with van der Waals surface area (Å²) in [6.07, 6.45) is 4.18. The summed E-state index contributed by atoms with van der Waals surface area (Å²) in [7, 11) is 1.85. The van der Waals surface area contributed by atoms with Crippen LogP contribution in [-0.2, 0) is 11.8 Å². The van der Waals surface area contributed by atoms with E-state index in [1.165, 1.54) is 0 Å². The van der Waals surface area contributed by atoms with Crippen molar-refractivity contribution in [2.75, 3.05) is 11.9 Å². The lowest BCUT2D eigenvalue weighted by molar-refractivity contribution is -0.116. The largest absolute Gasteiger partial charge is 0.330 e. The summed E-state index contributed by atoms with van der Waals surface area (Å²) in [5, 5.41) is 7.14. The van der Waals surface area contributed by atoms with E-state index in [1.807, 2.05) is 20.2 Å². The molecule has 5 nitrogen and oxygen atoms in total. The first-order chi connectivity index (χ1) is 9.24. The molecule has 1 atom stereocenters. The van der Waals surface area contributed by atoms with Gasteiger partial charge in [0, 0.05) is 19.7 Å². The number of amides is 1. The minimum Gasteiger partial charge on any atom is -0.330 e. The molecule has 0 spiro atoms. The normalized spacial score (nSPS) is 13.3. The number of aryl methyl sites for hydroxylation is 2. The van der Waals surface area contributed by atoms with E-state index in [0.29, 0.717) is 18.9 Å². The molecule has 1 aromatic rings. The van der Waals surface area contributed by atoms with Crippen LogP contribution in [-0.4, -0.2) is 22.2 Å². The molecule has 0 aliphatic rings. The third-order valence-corrected chi connectivity index (χ3v) is 3.75. The Kier molecular flexibility index (Phi) is 5.74. The van der Waals surface area contributed by atoms with Gasteiger partial charge in [0.25, 0.3) is 0 Å². The van der Waals surface area contributed by atoms with Gasteiger partial charge in [-0.05, 0) is 37.6 Å². The van der Waals surface area contributed by atoms with E-state index in [-0.39, 0.29) is 11.3 Å². The quantitative estimate of drug-likeness (QED) is 0.840. The van der Waals surface area contributed by atoms with Gasteiger partial charge in [0.2, 0.25) is 5.91 Å². The Morgan fingerprint density at radius 3 is 2.55 bits per heavy atom. The Balaban J connectivity index is 2.52. The number of hydrogen-bond acceptors (Lipinski definition) is 3. The molecule has 1 aromatic heterocycles. The van der Waals surface area contributed by atoms with Crippen LogP contribution in [0.25, 0.3) is 0 Å². The number of nitrogens with two attached hydrogens (primary N) is 1. The maximum atomic E-state index is 12.0. The molecule has 1 rings (SSSR count). The Labute approximate surface area is 121 Å². The van der Waals surface area contributed by atoms with Crippen molar-refractivity contribution in [3.8, 4) is 0 Å². The molecule has 20 heavy (non-hydrogen) atoms. The van der Waals surface area contributed by atoms with Gasteiger partial charge in [-0.1, -0.05) is 20.8 Å². The predicted octanol–water partition coefficient (Wildman–Crippen LogP) is 2.46. The van der Waals surface area contributed by atoms with E-state index in [0.717, 1.165) is 24.2 Å². The minimum absolute atomic E-state index is 0.0485. The first-order valence-corrected chi connectivity index (χ1v) is 7.24. The van der Waals surface area contributed by atoms with E-state index < -0.39 is 0 Å². The molecule has 0 radical (unpaired) electrons. The third-order valence-electron chi connectivity index (χ3n) is 3.75. The Bertz CT molecular complexity index is 445. The van der Waals surface area contributed by atoms with Gasteiger partial charge in [0.15, 0.2) is 0 Å². The molecule has 0 aromatic carbocycles.